The maximum atomic E-state index is 13.8. The second-order valence-electron chi connectivity index (χ2n) is 5.37. The van der Waals surface area contributed by atoms with Crippen molar-refractivity contribution in [2.45, 2.75) is 12.6 Å². The van der Waals surface area contributed by atoms with Gasteiger partial charge in [-0.05, 0) is 23.8 Å². The highest BCUT2D eigenvalue weighted by Crippen LogP contribution is 2.19. The van der Waals surface area contributed by atoms with Crippen molar-refractivity contribution in [3.63, 3.8) is 0 Å². The molecular weight excluding hydrogens is 323 g/mol. The highest BCUT2D eigenvalue weighted by Gasteiger charge is 2.18. The van der Waals surface area contributed by atoms with E-state index in [4.69, 9.17) is 4.74 Å². The molecule has 6 nitrogen and oxygen atoms in total. The van der Waals surface area contributed by atoms with Crippen LogP contribution in [0, 0.1) is 5.82 Å². The van der Waals surface area contributed by atoms with Crippen molar-refractivity contribution in [3.05, 3.63) is 77.9 Å². The molecule has 0 saturated carbocycles. The maximum absolute atomic E-state index is 13.8. The molecule has 1 aromatic heterocycles. The molecule has 3 rings (SSSR count). The zero-order chi connectivity index (χ0) is 17.6. The molecule has 0 fully saturated rings. The number of hydrogen-bond acceptors (Lipinski definition) is 4. The summed E-state index contributed by atoms with van der Waals surface area (Å²) in [4.78, 5) is 14.0. The maximum Gasteiger partial charge on any atom is 0.251 e. The molecule has 0 unspecified atom stereocenters. The lowest BCUT2D eigenvalue weighted by Crippen LogP contribution is -2.32. The third-order valence-corrected chi connectivity index (χ3v) is 3.73. The quantitative estimate of drug-likeness (QED) is 0.749. The molecule has 0 spiro atoms. The van der Waals surface area contributed by atoms with Crippen LogP contribution >= 0.6 is 0 Å². The molecule has 0 aliphatic carbocycles. The molecule has 1 N–H and O–H groups in total. The zero-order valence-electron chi connectivity index (χ0n) is 13.6. The topological polar surface area (TPSA) is 69.0 Å². The number of methoxy groups -OCH3 is 1. The third kappa shape index (κ3) is 4.00. The van der Waals surface area contributed by atoms with E-state index in [0.29, 0.717) is 6.54 Å². The Balaban J connectivity index is 1.82. The first-order valence-corrected chi connectivity index (χ1v) is 7.71. The van der Waals surface area contributed by atoms with Gasteiger partial charge in [-0.25, -0.2) is 4.39 Å². The van der Waals surface area contributed by atoms with Crippen LogP contribution in [0.15, 0.2) is 60.9 Å². The van der Waals surface area contributed by atoms with Crippen LogP contribution in [0.5, 0.6) is 5.75 Å². The Hall–Kier alpha value is -3.22. The SMILES string of the molecule is COc1ccc(C(=O)N[C@H](Cn2nccn2)c2ccccc2)cc1F. The first-order valence-electron chi connectivity index (χ1n) is 7.71. The van der Waals surface area contributed by atoms with E-state index in [1.165, 1.54) is 24.0 Å². The number of benzene rings is 2. The minimum Gasteiger partial charge on any atom is -0.494 e. The van der Waals surface area contributed by atoms with Gasteiger partial charge in [0.1, 0.15) is 0 Å². The number of amides is 1. The number of carbonyl (C=O) groups excluding carboxylic acids is 1. The van der Waals surface area contributed by atoms with E-state index < -0.39 is 5.82 Å². The highest BCUT2D eigenvalue weighted by atomic mass is 19.1. The predicted octanol–water partition coefficient (Wildman–Crippen LogP) is 2.60. The van der Waals surface area contributed by atoms with Crippen LogP contribution in [-0.4, -0.2) is 28.0 Å². The smallest absolute Gasteiger partial charge is 0.251 e. The molecule has 1 amide bonds. The summed E-state index contributed by atoms with van der Waals surface area (Å²) in [5.41, 5.74) is 1.12. The van der Waals surface area contributed by atoms with E-state index in [2.05, 4.69) is 15.5 Å². The number of carbonyl (C=O) groups is 1. The summed E-state index contributed by atoms with van der Waals surface area (Å²) < 4.78 is 18.7. The van der Waals surface area contributed by atoms with Crippen LogP contribution in [-0.2, 0) is 6.54 Å². The van der Waals surface area contributed by atoms with Gasteiger partial charge >= 0.3 is 0 Å². The average Bonchev–Trinajstić information content (AvgIpc) is 3.15. The third-order valence-electron chi connectivity index (χ3n) is 3.73. The van der Waals surface area contributed by atoms with Crippen LogP contribution in [0.4, 0.5) is 4.39 Å². The molecule has 0 radical (unpaired) electrons. The Bertz CT molecular complexity index is 838. The zero-order valence-corrected chi connectivity index (χ0v) is 13.6. The molecule has 0 bridgehead atoms. The van der Waals surface area contributed by atoms with Crippen molar-refractivity contribution >= 4 is 5.91 Å². The summed E-state index contributed by atoms with van der Waals surface area (Å²) in [6, 6.07) is 13.2. The normalized spacial score (nSPS) is 11.8. The van der Waals surface area contributed by atoms with Gasteiger partial charge in [-0.3, -0.25) is 4.79 Å². The standard InChI is InChI=1S/C18H17FN4O2/c1-25-17-8-7-14(11-15(17)19)18(24)22-16(12-23-20-9-10-21-23)13-5-3-2-4-6-13/h2-11,16H,12H2,1H3,(H,22,24)/t16-/m1/s1. The fourth-order valence-electron chi connectivity index (χ4n) is 2.47. The van der Waals surface area contributed by atoms with Gasteiger partial charge < -0.3 is 10.1 Å². The Morgan fingerprint density at radius 3 is 2.56 bits per heavy atom. The Kier molecular flexibility index (Phi) is 5.03. The van der Waals surface area contributed by atoms with E-state index in [9.17, 15) is 9.18 Å². The number of rotatable bonds is 6. The lowest BCUT2D eigenvalue weighted by atomic mass is 10.1. The van der Waals surface area contributed by atoms with Crippen molar-refractivity contribution in [1.82, 2.24) is 20.3 Å². The number of nitrogens with one attached hydrogen (secondary N) is 1. The Morgan fingerprint density at radius 1 is 1.20 bits per heavy atom. The predicted molar refractivity (Wildman–Crippen MR) is 89.6 cm³/mol. The van der Waals surface area contributed by atoms with Gasteiger partial charge in [0.05, 0.1) is 32.1 Å². The molecule has 1 heterocycles. The van der Waals surface area contributed by atoms with Crippen LogP contribution in [0.1, 0.15) is 22.0 Å². The number of nitrogens with zero attached hydrogens (tertiary/aromatic N) is 3. The Labute approximate surface area is 144 Å². The number of ether oxygens (including phenoxy) is 1. The first kappa shape index (κ1) is 16.6. The molecule has 2 aromatic carbocycles. The summed E-state index contributed by atoms with van der Waals surface area (Å²) >= 11 is 0. The summed E-state index contributed by atoms with van der Waals surface area (Å²) in [6.07, 6.45) is 3.14. The molecule has 1 atom stereocenters. The van der Waals surface area contributed by atoms with Gasteiger partial charge in [-0.15, -0.1) is 0 Å². The minimum absolute atomic E-state index is 0.0944. The molecule has 7 heteroatoms. The molecule has 3 aromatic rings. The van der Waals surface area contributed by atoms with Gasteiger partial charge in [-0.2, -0.15) is 15.0 Å². The van der Waals surface area contributed by atoms with Crippen molar-refractivity contribution in [3.8, 4) is 5.75 Å². The molecular formula is C18H17FN4O2. The van der Waals surface area contributed by atoms with Gasteiger partial charge in [0.2, 0.25) is 0 Å². The van der Waals surface area contributed by atoms with Crippen LogP contribution in [0.25, 0.3) is 0 Å². The Morgan fingerprint density at radius 2 is 1.92 bits per heavy atom. The average molecular weight is 340 g/mol. The molecule has 0 saturated heterocycles. The van der Waals surface area contributed by atoms with Crippen molar-refractivity contribution in [1.29, 1.82) is 0 Å². The van der Waals surface area contributed by atoms with Gasteiger partial charge in [-0.1, -0.05) is 30.3 Å². The van der Waals surface area contributed by atoms with Crippen LogP contribution < -0.4 is 10.1 Å². The van der Waals surface area contributed by atoms with E-state index in [1.807, 2.05) is 30.3 Å². The summed E-state index contributed by atoms with van der Waals surface area (Å²) in [7, 11) is 1.38. The van der Waals surface area contributed by atoms with Crippen molar-refractivity contribution in [2.75, 3.05) is 7.11 Å². The van der Waals surface area contributed by atoms with Crippen molar-refractivity contribution in [2.24, 2.45) is 0 Å². The van der Waals surface area contributed by atoms with Gasteiger partial charge in [0.25, 0.3) is 5.91 Å². The highest BCUT2D eigenvalue weighted by molar-refractivity contribution is 5.94. The van der Waals surface area contributed by atoms with E-state index in [0.717, 1.165) is 11.6 Å². The van der Waals surface area contributed by atoms with Crippen molar-refractivity contribution < 1.29 is 13.9 Å². The number of halogens is 1. The first-order chi connectivity index (χ1) is 12.2. The summed E-state index contributed by atoms with van der Waals surface area (Å²) in [5.74, 6) is -0.875. The minimum atomic E-state index is -0.583. The largest absolute Gasteiger partial charge is 0.494 e. The van der Waals surface area contributed by atoms with Gasteiger partial charge in [0, 0.05) is 5.56 Å². The summed E-state index contributed by atoms with van der Waals surface area (Å²) in [5, 5.41) is 11.1. The number of aromatic nitrogens is 3. The van der Waals surface area contributed by atoms with Crippen LogP contribution in [0.2, 0.25) is 0 Å². The van der Waals surface area contributed by atoms with Gasteiger partial charge in [0.15, 0.2) is 11.6 Å². The second kappa shape index (κ2) is 7.57. The summed E-state index contributed by atoms with van der Waals surface area (Å²) in [6.45, 7) is 0.362. The van der Waals surface area contributed by atoms with E-state index in [1.54, 1.807) is 12.4 Å². The molecule has 128 valence electrons. The fourth-order valence-corrected chi connectivity index (χ4v) is 2.47. The molecule has 25 heavy (non-hydrogen) atoms. The molecule has 0 aliphatic heterocycles. The number of hydrogen-bond donors (Lipinski definition) is 1. The lowest BCUT2D eigenvalue weighted by Gasteiger charge is -2.19. The van der Waals surface area contributed by atoms with E-state index >= 15 is 0 Å². The van der Waals surface area contributed by atoms with Crippen LogP contribution in [0.3, 0.4) is 0 Å². The lowest BCUT2D eigenvalue weighted by molar-refractivity contribution is 0.0930. The van der Waals surface area contributed by atoms with E-state index in [-0.39, 0.29) is 23.3 Å². The fraction of sp³-hybridized carbons (Fsp3) is 0.167. The monoisotopic (exact) mass is 340 g/mol. The molecule has 0 aliphatic rings. The second-order valence-corrected chi connectivity index (χ2v) is 5.37.